The quantitative estimate of drug-likeness (QED) is 0.585. The Kier molecular flexibility index (Phi) is 5.89. The van der Waals surface area contributed by atoms with Gasteiger partial charge in [0, 0.05) is 13.0 Å². The Morgan fingerprint density at radius 1 is 1.08 bits per heavy atom. The van der Waals surface area contributed by atoms with Crippen molar-refractivity contribution in [3.8, 4) is 0 Å². The van der Waals surface area contributed by atoms with Crippen LogP contribution in [0.25, 0.3) is 0 Å². The van der Waals surface area contributed by atoms with E-state index in [2.05, 4.69) is 0 Å². The highest BCUT2D eigenvalue weighted by atomic mass is 19.1. The van der Waals surface area contributed by atoms with Crippen molar-refractivity contribution in [3.05, 3.63) is 30.1 Å². The number of hydrogen-bond acceptors (Lipinski definition) is 3. The predicted octanol–water partition coefficient (Wildman–Crippen LogP) is 2.59. The summed E-state index contributed by atoms with van der Waals surface area (Å²) in [4.78, 5) is 35.1. The highest BCUT2D eigenvalue weighted by Crippen LogP contribution is 2.27. The van der Waals surface area contributed by atoms with E-state index >= 15 is 0 Å². The van der Waals surface area contributed by atoms with Gasteiger partial charge in [0.2, 0.25) is 0 Å². The first-order chi connectivity index (χ1) is 11.4. The van der Waals surface area contributed by atoms with Crippen LogP contribution < -0.4 is 5.01 Å². The predicted molar refractivity (Wildman–Crippen MR) is 85.5 cm³/mol. The first-order valence-electron chi connectivity index (χ1n) is 8.04. The fourth-order valence-electron chi connectivity index (χ4n) is 2.68. The molecule has 24 heavy (non-hydrogen) atoms. The molecule has 1 atom stereocenters. The summed E-state index contributed by atoms with van der Waals surface area (Å²) < 4.78 is 13.1. The Morgan fingerprint density at radius 2 is 1.71 bits per heavy atom. The summed E-state index contributed by atoms with van der Waals surface area (Å²) in [7, 11) is 0. The molecule has 0 saturated carbocycles. The lowest BCUT2D eigenvalue weighted by molar-refractivity contribution is -0.137. The van der Waals surface area contributed by atoms with Crippen LogP contribution in [0.4, 0.5) is 10.1 Å². The summed E-state index contributed by atoms with van der Waals surface area (Å²) in [6, 6.07) is 5.44. The van der Waals surface area contributed by atoms with Crippen molar-refractivity contribution in [1.29, 1.82) is 0 Å². The van der Waals surface area contributed by atoms with E-state index in [4.69, 9.17) is 5.11 Å². The molecule has 1 fully saturated rings. The SMILES string of the molecule is CC1C(=O)N(CCCCCCC(=O)O)N(c2ccc(F)cc2)C1=O. The van der Waals surface area contributed by atoms with Gasteiger partial charge in [0.1, 0.15) is 11.7 Å². The van der Waals surface area contributed by atoms with Crippen LogP contribution in [-0.2, 0) is 14.4 Å². The Labute approximate surface area is 139 Å². The van der Waals surface area contributed by atoms with Gasteiger partial charge in [-0.05, 0) is 44.0 Å². The summed E-state index contributed by atoms with van der Waals surface area (Å²) in [5.41, 5.74) is 0.463. The number of anilines is 1. The monoisotopic (exact) mass is 336 g/mol. The Morgan fingerprint density at radius 3 is 2.33 bits per heavy atom. The molecule has 1 aliphatic heterocycles. The van der Waals surface area contributed by atoms with Crippen LogP contribution in [0, 0.1) is 11.7 Å². The number of unbranched alkanes of at least 4 members (excludes halogenated alkanes) is 3. The summed E-state index contributed by atoms with van der Waals surface area (Å²) in [5.74, 6) is -2.56. The highest BCUT2D eigenvalue weighted by Gasteiger charge is 2.43. The maximum atomic E-state index is 13.1. The normalized spacial score (nSPS) is 17.7. The molecule has 0 aliphatic carbocycles. The van der Waals surface area contributed by atoms with Crippen molar-refractivity contribution in [2.75, 3.05) is 11.6 Å². The van der Waals surface area contributed by atoms with E-state index in [9.17, 15) is 18.8 Å². The van der Waals surface area contributed by atoms with Gasteiger partial charge >= 0.3 is 5.97 Å². The second-order valence-corrected chi connectivity index (χ2v) is 5.87. The second-order valence-electron chi connectivity index (χ2n) is 5.87. The molecule has 0 radical (unpaired) electrons. The minimum atomic E-state index is -0.813. The van der Waals surface area contributed by atoms with Gasteiger partial charge in [0.15, 0.2) is 0 Å². The molecule has 0 spiro atoms. The Balaban J connectivity index is 1.97. The molecule has 1 aliphatic rings. The number of carbonyl (C=O) groups is 3. The van der Waals surface area contributed by atoms with E-state index in [-0.39, 0.29) is 18.2 Å². The van der Waals surface area contributed by atoms with Crippen LogP contribution in [0.3, 0.4) is 0 Å². The zero-order chi connectivity index (χ0) is 17.7. The van der Waals surface area contributed by atoms with Gasteiger partial charge < -0.3 is 5.11 Å². The molecule has 0 aromatic heterocycles. The number of carbonyl (C=O) groups excluding carboxylic acids is 2. The lowest BCUT2D eigenvalue weighted by Crippen LogP contribution is -2.41. The lowest BCUT2D eigenvalue weighted by atomic mass is 10.1. The van der Waals surface area contributed by atoms with Crippen LogP contribution in [-0.4, -0.2) is 34.4 Å². The molecular weight excluding hydrogens is 315 g/mol. The number of nitrogens with zero attached hydrogens (tertiary/aromatic N) is 2. The average Bonchev–Trinajstić information content (AvgIpc) is 2.75. The number of rotatable bonds is 8. The molecule has 6 nitrogen and oxygen atoms in total. The molecule has 1 aromatic carbocycles. The number of benzene rings is 1. The number of hydrazine groups is 1. The van der Waals surface area contributed by atoms with Crippen molar-refractivity contribution >= 4 is 23.5 Å². The fraction of sp³-hybridized carbons (Fsp3) is 0.471. The van der Waals surface area contributed by atoms with Crippen LogP contribution in [0.2, 0.25) is 0 Å². The van der Waals surface area contributed by atoms with E-state index in [0.717, 1.165) is 12.8 Å². The number of carboxylic acids is 1. The third kappa shape index (κ3) is 4.10. The molecule has 1 unspecified atom stereocenters. The van der Waals surface area contributed by atoms with Gasteiger partial charge in [0.25, 0.3) is 11.8 Å². The second kappa shape index (κ2) is 7.90. The van der Waals surface area contributed by atoms with Crippen LogP contribution in [0.1, 0.15) is 39.0 Å². The fourth-order valence-corrected chi connectivity index (χ4v) is 2.68. The number of amides is 2. The molecule has 2 amide bonds. The topological polar surface area (TPSA) is 77.9 Å². The van der Waals surface area contributed by atoms with E-state index in [1.807, 2.05) is 0 Å². The van der Waals surface area contributed by atoms with Crippen molar-refractivity contribution < 1.29 is 23.9 Å². The van der Waals surface area contributed by atoms with Gasteiger partial charge in [-0.1, -0.05) is 12.8 Å². The van der Waals surface area contributed by atoms with E-state index in [1.54, 1.807) is 6.92 Å². The van der Waals surface area contributed by atoms with Crippen molar-refractivity contribution in [2.24, 2.45) is 5.92 Å². The smallest absolute Gasteiger partial charge is 0.303 e. The molecule has 0 bridgehead atoms. The summed E-state index contributed by atoms with van der Waals surface area (Å²) in [6.45, 7) is 1.94. The summed E-state index contributed by atoms with van der Waals surface area (Å²) in [6.07, 6.45) is 2.94. The van der Waals surface area contributed by atoms with E-state index in [1.165, 1.54) is 34.3 Å². The minimum absolute atomic E-state index is 0.139. The third-order valence-corrected chi connectivity index (χ3v) is 4.03. The highest BCUT2D eigenvalue weighted by molar-refractivity contribution is 6.14. The molecule has 130 valence electrons. The van der Waals surface area contributed by atoms with Gasteiger partial charge in [-0.2, -0.15) is 0 Å². The maximum absolute atomic E-state index is 13.1. The van der Waals surface area contributed by atoms with Crippen molar-refractivity contribution in [1.82, 2.24) is 5.01 Å². The number of aliphatic carboxylic acids is 1. The Hall–Kier alpha value is -2.44. The molecule has 2 rings (SSSR count). The van der Waals surface area contributed by atoms with Gasteiger partial charge in [0.05, 0.1) is 5.69 Å². The van der Waals surface area contributed by atoms with Crippen molar-refractivity contribution in [3.63, 3.8) is 0 Å². The zero-order valence-electron chi connectivity index (χ0n) is 13.6. The molecule has 1 aromatic rings. The number of hydrogen-bond donors (Lipinski definition) is 1. The van der Waals surface area contributed by atoms with Crippen LogP contribution in [0.15, 0.2) is 24.3 Å². The molecule has 1 heterocycles. The molecular formula is C17H21FN2O4. The third-order valence-electron chi connectivity index (χ3n) is 4.03. The molecule has 1 N–H and O–H groups in total. The maximum Gasteiger partial charge on any atom is 0.303 e. The lowest BCUT2D eigenvalue weighted by Gasteiger charge is -2.27. The number of carboxylic acid groups (broad SMARTS) is 1. The standard InChI is InChI=1S/C17H21FN2O4/c1-12-16(23)19(11-5-3-2-4-6-15(21)22)20(17(12)24)14-9-7-13(18)8-10-14/h7-10,12H,2-6,11H2,1H3,(H,21,22). The van der Waals surface area contributed by atoms with Gasteiger partial charge in [-0.3, -0.25) is 14.4 Å². The molecule has 7 heteroatoms. The van der Waals surface area contributed by atoms with Crippen LogP contribution in [0.5, 0.6) is 0 Å². The average molecular weight is 336 g/mol. The largest absolute Gasteiger partial charge is 0.481 e. The first kappa shape index (κ1) is 17.9. The van der Waals surface area contributed by atoms with E-state index in [0.29, 0.717) is 25.1 Å². The number of halogens is 1. The summed E-state index contributed by atoms with van der Waals surface area (Å²) >= 11 is 0. The van der Waals surface area contributed by atoms with Crippen molar-refractivity contribution in [2.45, 2.75) is 39.0 Å². The first-order valence-corrected chi connectivity index (χ1v) is 8.04. The Bertz CT molecular complexity index is 618. The summed E-state index contributed by atoms with van der Waals surface area (Å²) in [5, 5.41) is 11.3. The van der Waals surface area contributed by atoms with E-state index < -0.39 is 17.7 Å². The molecule has 1 saturated heterocycles. The van der Waals surface area contributed by atoms with Crippen LogP contribution >= 0.6 is 0 Å². The van der Waals surface area contributed by atoms with Gasteiger partial charge in [-0.25, -0.2) is 14.4 Å². The minimum Gasteiger partial charge on any atom is -0.481 e. The zero-order valence-corrected chi connectivity index (χ0v) is 13.6. The van der Waals surface area contributed by atoms with Gasteiger partial charge in [-0.15, -0.1) is 0 Å².